The van der Waals surface area contributed by atoms with E-state index in [9.17, 15) is 10.5 Å². The smallest absolute Gasteiger partial charge is 0.196 e. The number of anilines is 2. The Morgan fingerprint density at radius 1 is 0.918 bits per heavy atom. The largest absolute Gasteiger partial charge is 0.508 e. The van der Waals surface area contributed by atoms with Crippen molar-refractivity contribution in [2.24, 2.45) is 16.3 Å². The van der Waals surface area contributed by atoms with Crippen LogP contribution in [0.1, 0.15) is 106 Å². The zero-order valence-electron chi connectivity index (χ0n) is 35.3. The number of aliphatic imine (C=N–C) groups is 1. The van der Waals surface area contributed by atoms with E-state index in [1.807, 2.05) is 12.1 Å². The van der Waals surface area contributed by atoms with E-state index in [-0.39, 0.29) is 11.8 Å². The maximum absolute atomic E-state index is 10.3. The number of aromatic hydroxyl groups is 1. The molecule has 9 heteroatoms. The lowest BCUT2D eigenvalue weighted by Crippen LogP contribution is -2.47. The van der Waals surface area contributed by atoms with Crippen LogP contribution in [-0.2, 0) is 19.3 Å². The summed E-state index contributed by atoms with van der Waals surface area (Å²) in [4.78, 5) is 15.1. The van der Waals surface area contributed by atoms with Crippen molar-refractivity contribution < 1.29 is 9.52 Å². The lowest BCUT2D eigenvalue weighted by atomic mass is 9.56. The number of benzene rings is 4. The Morgan fingerprint density at radius 3 is 2.38 bits per heavy atom. The van der Waals surface area contributed by atoms with Crippen molar-refractivity contribution >= 4 is 39.4 Å². The molecule has 8 nitrogen and oxygen atoms in total. The van der Waals surface area contributed by atoms with E-state index >= 15 is 0 Å². The SMILES string of the molecule is CC(=N)N1C(=N)C(Cc2ncco2)N=C(c2ccc(CC3CC4(CCN(c5ccc(C6c7ccc(O)cc7CCC6c6ccccc6)cc5)CC4)C3)cc2)c2c1sc(C)c2C. The van der Waals surface area contributed by atoms with Crippen LogP contribution in [0.3, 0.4) is 0 Å². The minimum absolute atomic E-state index is 0.267. The Hall–Kier alpha value is -5.80. The van der Waals surface area contributed by atoms with Gasteiger partial charge in [0.15, 0.2) is 5.89 Å². The van der Waals surface area contributed by atoms with E-state index in [4.69, 9.17) is 14.8 Å². The van der Waals surface area contributed by atoms with Gasteiger partial charge in [0.25, 0.3) is 0 Å². The van der Waals surface area contributed by atoms with Gasteiger partial charge >= 0.3 is 0 Å². The first-order chi connectivity index (χ1) is 29.6. The number of nitrogens with zero attached hydrogens (tertiary/aromatic N) is 4. The molecule has 0 amide bonds. The van der Waals surface area contributed by atoms with Crippen molar-refractivity contribution in [2.75, 3.05) is 22.9 Å². The van der Waals surface area contributed by atoms with Crippen LogP contribution >= 0.6 is 11.3 Å². The highest BCUT2D eigenvalue weighted by Crippen LogP contribution is 2.54. The molecule has 2 aromatic heterocycles. The summed E-state index contributed by atoms with van der Waals surface area (Å²) in [5.41, 5.74) is 12.6. The number of piperidine rings is 1. The molecule has 4 aliphatic rings. The summed E-state index contributed by atoms with van der Waals surface area (Å²) in [6.45, 7) is 8.19. The van der Waals surface area contributed by atoms with Crippen LogP contribution in [0.2, 0.25) is 0 Å². The van der Waals surface area contributed by atoms with E-state index in [0.29, 0.717) is 41.1 Å². The number of hydrogen-bond donors (Lipinski definition) is 3. The van der Waals surface area contributed by atoms with Gasteiger partial charge in [-0.3, -0.25) is 20.7 Å². The van der Waals surface area contributed by atoms with Crippen molar-refractivity contribution in [1.82, 2.24) is 4.98 Å². The molecule has 310 valence electrons. The molecular weight excluding hydrogens is 773 g/mol. The summed E-state index contributed by atoms with van der Waals surface area (Å²) >= 11 is 1.63. The number of rotatable bonds is 8. The average Bonchev–Trinajstić information content (AvgIpc) is 3.85. The fraction of sp³-hybridized carbons (Fsp3) is 0.346. The lowest BCUT2D eigenvalue weighted by Gasteiger charge is -2.53. The highest BCUT2D eigenvalue weighted by molar-refractivity contribution is 7.17. The molecule has 1 saturated carbocycles. The van der Waals surface area contributed by atoms with Gasteiger partial charge in [-0.2, -0.15) is 0 Å². The first-order valence-corrected chi connectivity index (χ1v) is 22.8. The molecule has 4 aromatic carbocycles. The summed E-state index contributed by atoms with van der Waals surface area (Å²) in [5, 5.41) is 29.0. The molecule has 0 radical (unpaired) electrons. The minimum Gasteiger partial charge on any atom is -0.508 e. The number of fused-ring (bicyclic) bond motifs is 2. The van der Waals surface area contributed by atoms with E-state index in [0.717, 1.165) is 59.8 Å². The number of aryl methyl sites for hydroxylation is 2. The number of nitrogens with one attached hydrogen (secondary N) is 2. The predicted octanol–water partition coefficient (Wildman–Crippen LogP) is 11.4. The fourth-order valence-electron chi connectivity index (χ4n) is 11.1. The third-order valence-corrected chi connectivity index (χ3v) is 15.5. The zero-order chi connectivity index (χ0) is 41.8. The summed E-state index contributed by atoms with van der Waals surface area (Å²) < 4.78 is 5.59. The Bertz CT molecular complexity index is 2600. The summed E-state index contributed by atoms with van der Waals surface area (Å²) in [6.07, 6.45) is 11.8. The van der Waals surface area contributed by atoms with E-state index in [2.05, 4.69) is 109 Å². The van der Waals surface area contributed by atoms with Gasteiger partial charge in [-0.1, -0.05) is 72.8 Å². The minimum atomic E-state index is -0.533. The van der Waals surface area contributed by atoms with Crippen LogP contribution in [0, 0.1) is 36.0 Å². The predicted molar refractivity (Wildman–Crippen MR) is 248 cm³/mol. The summed E-state index contributed by atoms with van der Waals surface area (Å²) in [5.74, 6) is 2.84. The first kappa shape index (κ1) is 39.3. The van der Waals surface area contributed by atoms with Crippen LogP contribution < -0.4 is 9.80 Å². The maximum Gasteiger partial charge on any atom is 0.196 e. The standard InChI is InChI=1S/C52H54N6O2S/c1-32-33(2)61-51-47(32)49(56-45(29-46-55-23-26-60-46)50(54)58(51)34(3)53)39-11-9-35(10-12-39)27-36-30-52(31-36)21-24-57(25-22-52)41-16-13-38(14-17-41)48-43(37-7-5-4-6-8-37)19-15-40-28-42(59)18-20-44(40)48/h4-14,16-18,20,23,26,28,36,43,45,48,53-54,59H,15,19,21-22,24-25,27,29-31H2,1-3H3. The van der Waals surface area contributed by atoms with Crippen LogP contribution in [0.4, 0.5) is 10.7 Å². The van der Waals surface area contributed by atoms with Crippen LogP contribution in [-0.4, -0.2) is 46.6 Å². The van der Waals surface area contributed by atoms with Crippen molar-refractivity contribution in [1.29, 1.82) is 10.8 Å². The Balaban J connectivity index is 0.797. The van der Waals surface area contributed by atoms with Gasteiger partial charge in [-0.15, -0.1) is 11.3 Å². The monoisotopic (exact) mass is 826 g/mol. The molecule has 6 aromatic rings. The van der Waals surface area contributed by atoms with Crippen molar-refractivity contribution in [3.8, 4) is 5.75 Å². The molecule has 3 unspecified atom stereocenters. The number of oxazole rings is 1. The van der Waals surface area contributed by atoms with Gasteiger partial charge in [-0.25, -0.2) is 4.98 Å². The molecule has 3 N–H and O–H groups in total. The van der Waals surface area contributed by atoms with Crippen LogP contribution in [0.15, 0.2) is 119 Å². The van der Waals surface area contributed by atoms with E-state index in [1.165, 1.54) is 64.1 Å². The molecule has 3 atom stereocenters. The molecule has 10 rings (SSSR count). The molecule has 1 spiro atoms. The second-order valence-electron chi connectivity index (χ2n) is 18.1. The van der Waals surface area contributed by atoms with Gasteiger partial charge in [0.2, 0.25) is 0 Å². The maximum atomic E-state index is 10.3. The molecule has 4 heterocycles. The molecule has 2 aliphatic heterocycles. The second-order valence-corrected chi connectivity index (χ2v) is 19.3. The summed E-state index contributed by atoms with van der Waals surface area (Å²) in [7, 11) is 0. The number of hydrogen-bond acceptors (Lipinski definition) is 8. The first-order valence-electron chi connectivity index (χ1n) is 21.9. The topological polar surface area (TPSA) is 113 Å². The van der Waals surface area contributed by atoms with Gasteiger partial charge in [0.05, 0.1) is 18.3 Å². The van der Waals surface area contributed by atoms with Crippen molar-refractivity contribution in [3.05, 3.63) is 165 Å². The summed E-state index contributed by atoms with van der Waals surface area (Å²) in [6, 6.07) is 34.8. The number of amidine groups is 2. The van der Waals surface area contributed by atoms with Crippen molar-refractivity contribution in [2.45, 2.75) is 90.0 Å². The Morgan fingerprint density at radius 2 is 1.67 bits per heavy atom. The van der Waals surface area contributed by atoms with E-state index < -0.39 is 6.04 Å². The Labute approximate surface area is 363 Å². The molecule has 2 aliphatic carbocycles. The van der Waals surface area contributed by atoms with Crippen molar-refractivity contribution in [3.63, 3.8) is 0 Å². The number of phenols is 1. The lowest BCUT2D eigenvalue weighted by molar-refractivity contribution is 0.0283. The van der Waals surface area contributed by atoms with Gasteiger partial charge in [0, 0.05) is 40.7 Å². The quantitative estimate of drug-likeness (QED) is 0.104. The molecule has 2 fully saturated rings. The molecule has 1 saturated heterocycles. The fourth-order valence-corrected chi connectivity index (χ4v) is 12.3. The average molecular weight is 827 g/mol. The second kappa shape index (κ2) is 15.9. The molecular formula is C52H54N6O2S. The highest BCUT2D eigenvalue weighted by Gasteiger charge is 2.45. The third kappa shape index (κ3) is 7.41. The van der Waals surface area contributed by atoms with Crippen LogP contribution in [0.25, 0.3) is 0 Å². The van der Waals surface area contributed by atoms with Gasteiger partial charge in [0.1, 0.15) is 34.7 Å². The van der Waals surface area contributed by atoms with Gasteiger partial charge < -0.3 is 14.4 Å². The zero-order valence-corrected chi connectivity index (χ0v) is 36.1. The van der Waals surface area contributed by atoms with E-state index in [1.54, 1.807) is 35.6 Å². The van der Waals surface area contributed by atoms with Crippen LogP contribution in [0.5, 0.6) is 5.75 Å². The van der Waals surface area contributed by atoms with Gasteiger partial charge in [-0.05, 0) is 141 Å². The highest BCUT2D eigenvalue weighted by atomic mass is 32.1. The number of phenolic OH excluding ortho intramolecular Hbond substituents is 1. The molecule has 61 heavy (non-hydrogen) atoms. The number of aromatic nitrogens is 1. The molecule has 0 bridgehead atoms. The normalized spacial score (nSPS) is 21.1. The Kier molecular flexibility index (Phi) is 10.3. The third-order valence-electron chi connectivity index (χ3n) is 14.3. The number of thiophene rings is 1.